The van der Waals surface area contributed by atoms with Gasteiger partial charge in [-0.3, -0.25) is 10.1 Å². The van der Waals surface area contributed by atoms with Crippen LogP contribution in [0.1, 0.15) is 5.69 Å². The van der Waals surface area contributed by atoms with E-state index in [0.29, 0.717) is 23.1 Å². The van der Waals surface area contributed by atoms with Crippen molar-refractivity contribution < 1.29 is 4.74 Å². The molecule has 3 rings (SSSR count). The van der Waals surface area contributed by atoms with Crippen LogP contribution >= 0.6 is 0 Å². The second-order valence-electron chi connectivity index (χ2n) is 4.92. The van der Waals surface area contributed by atoms with Gasteiger partial charge in [-0.25, -0.2) is 9.97 Å². The summed E-state index contributed by atoms with van der Waals surface area (Å²) in [5.74, 6) is 0.920. The lowest BCUT2D eigenvalue weighted by molar-refractivity contribution is 0.309. The highest BCUT2D eigenvalue weighted by Crippen LogP contribution is 2.21. The molecule has 0 radical (unpaired) electrons. The number of aliphatic imine (C=N–C) groups is 1. The lowest BCUT2D eigenvalue weighted by Crippen LogP contribution is -1.99. The molecule has 0 bridgehead atoms. The van der Waals surface area contributed by atoms with E-state index < -0.39 is 0 Å². The van der Waals surface area contributed by atoms with Crippen molar-refractivity contribution >= 4 is 35.0 Å². The van der Waals surface area contributed by atoms with Crippen molar-refractivity contribution in [2.24, 2.45) is 4.99 Å². The number of nitrogens with one attached hydrogen (secondary N) is 2. The van der Waals surface area contributed by atoms with Crippen molar-refractivity contribution in [3.63, 3.8) is 0 Å². The fourth-order valence-corrected chi connectivity index (χ4v) is 2.12. The predicted octanol–water partition coefficient (Wildman–Crippen LogP) is 3.30. The van der Waals surface area contributed by atoms with Gasteiger partial charge in [0.05, 0.1) is 30.2 Å². The molecule has 120 valence electrons. The Morgan fingerprint density at radius 1 is 1.38 bits per heavy atom. The molecule has 7 heteroatoms. The summed E-state index contributed by atoms with van der Waals surface area (Å²) in [6.45, 7) is 7.31. The van der Waals surface area contributed by atoms with Gasteiger partial charge < -0.3 is 10.1 Å². The van der Waals surface area contributed by atoms with Crippen molar-refractivity contribution in [1.82, 2.24) is 20.2 Å². The van der Waals surface area contributed by atoms with Crippen LogP contribution in [0, 0.1) is 0 Å². The number of hydrogen-bond donors (Lipinski definition) is 2. The molecule has 2 aromatic heterocycles. The zero-order valence-corrected chi connectivity index (χ0v) is 13.2. The van der Waals surface area contributed by atoms with E-state index in [4.69, 9.17) is 4.74 Å². The van der Waals surface area contributed by atoms with E-state index in [-0.39, 0.29) is 0 Å². The molecule has 0 aliphatic rings. The van der Waals surface area contributed by atoms with E-state index in [1.54, 1.807) is 31.6 Å². The Morgan fingerprint density at radius 2 is 2.25 bits per heavy atom. The quantitative estimate of drug-likeness (QED) is 0.413. The average molecular weight is 320 g/mol. The Morgan fingerprint density at radius 3 is 3.04 bits per heavy atom. The van der Waals surface area contributed by atoms with Gasteiger partial charge >= 0.3 is 0 Å². The molecule has 2 heterocycles. The first-order chi connectivity index (χ1) is 11.7. The highest BCUT2D eigenvalue weighted by atomic mass is 16.5. The summed E-state index contributed by atoms with van der Waals surface area (Å²) < 4.78 is 5.04. The Balaban J connectivity index is 1.88. The number of ether oxygens (including phenoxy) is 1. The second-order valence-corrected chi connectivity index (χ2v) is 4.92. The minimum absolute atomic E-state index is 0.452. The fraction of sp³-hybridized carbons (Fsp3) is 0.0588. The highest BCUT2D eigenvalue weighted by molar-refractivity contribution is 5.82. The molecule has 7 nitrogen and oxygen atoms in total. The van der Waals surface area contributed by atoms with E-state index in [9.17, 15) is 0 Å². The first-order valence-electron chi connectivity index (χ1n) is 7.14. The minimum atomic E-state index is 0.452. The molecule has 0 atom stereocenters. The Hall–Kier alpha value is -3.48. The van der Waals surface area contributed by atoms with Gasteiger partial charge in [-0.05, 0) is 31.0 Å². The number of allylic oxidation sites excluding steroid dienone is 1. The molecule has 2 N–H and O–H groups in total. The van der Waals surface area contributed by atoms with E-state index in [1.165, 1.54) is 0 Å². The molecule has 0 spiro atoms. The summed E-state index contributed by atoms with van der Waals surface area (Å²) in [5, 5.41) is 11.1. The number of methoxy groups -OCH3 is 1. The smallest absolute Gasteiger partial charge is 0.227 e. The number of hydrogen-bond acceptors (Lipinski definition) is 6. The third-order valence-electron chi connectivity index (χ3n) is 3.34. The topological polar surface area (TPSA) is 88.1 Å². The van der Waals surface area contributed by atoms with E-state index in [2.05, 4.69) is 43.8 Å². The number of fused-ring (bicyclic) bond motifs is 1. The monoisotopic (exact) mass is 320 g/mol. The summed E-state index contributed by atoms with van der Waals surface area (Å²) in [4.78, 5) is 12.6. The highest BCUT2D eigenvalue weighted by Gasteiger charge is 2.06. The van der Waals surface area contributed by atoms with Crippen LogP contribution < -0.4 is 5.32 Å². The summed E-state index contributed by atoms with van der Waals surface area (Å²) in [5.41, 5.74) is 3.00. The van der Waals surface area contributed by atoms with Gasteiger partial charge in [0.15, 0.2) is 0 Å². The van der Waals surface area contributed by atoms with Crippen molar-refractivity contribution in [2.75, 3.05) is 12.4 Å². The zero-order valence-electron chi connectivity index (χ0n) is 13.2. The van der Waals surface area contributed by atoms with Crippen LogP contribution in [0.15, 0.2) is 60.1 Å². The van der Waals surface area contributed by atoms with Gasteiger partial charge in [-0.15, -0.1) is 0 Å². The number of anilines is 2. The largest absolute Gasteiger partial charge is 0.497 e. The zero-order chi connectivity index (χ0) is 16.9. The maximum atomic E-state index is 5.04. The van der Waals surface area contributed by atoms with Crippen LogP contribution in [0.3, 0.4) is 0 Å². The molecule has 0 fully saturated rings. The normalized spacial score (nSPS) is 11.3. The Labute approximate surface area is 138 Å². The third kappa shape index (κ3) is 3.30. The summed E-state index contributed by atoms with van der Waals surface area (Å²) >= 11 is 0. The fourth-order valence-electron chi connectivity index (χ4n) is 2.12. The predicted molar refractivity (Wildman–Crippen MR) is 95.1 cm³/mol. The van der Waals surface area contributed by atoms with E-state index in [0.717, 1.165) is 16.6 Å². The number of benzene rings is 1. The van der Waals surface area contributed by atoms with Gasteiger partial charge in [-0.1, -0.05) is 6.58 Å². The number of rotatable bonds is 6. The van der Waals surface area contributed by atoms with Crippen molar-refractivity contribution in [2.45, 2.75) is 0 Å². The number of aromatic nitrogens is 4. The summed E-state index contributed by atoms with van der Waals surface area (Å²) in [6.07, 6.45) is 5.07. The van der Waals surface area contributed by atoms with Crippen LogP contribution in [-0.4, -0.2) is 34.0 Å². The molecule has 0 unspecified atom stereocenters. The molecule has 3 aromatic rings. The Kier molecular flexibility index (Phi) is 4.33. The number of H-pyrrole nitrogens is 1. The van der Waals surface area contributed by atoms with Crippen LogP contribution in [0.5, 0.6) is 0 Å². The molecule has 1 aromatic carbocycles. The molecular weight excluding hydrogens is 304 g/mol. The van der Waals surface area contributed by atoms with Crippen LogP contribution in [0.25, 0.3) is 16.6 Å². The number of nitrogens with zero attached hydrogens (tertiary/aromatic N) is 4. The SMILES string of the molecule is C=N/C(=C\C(=C)OC)c1ccnc(Nc2ccc3[nH]ncc3c2)n1. The average Bonchev–Trinajstić information content (AvgIpc) is 3.07. The molecule has 0 aliphatic carbocycles. The van der Waals surface area contributed by atoms with Gasteiger partial charge in [0.1, 0.15) is 5.76 Å². The molecule has 0 saturated carbocycles. The molecule has 24 heavy (non-hydrogen) atoms. The van der Waals surface area contributed by atoms with Gasteiger partial charge in [-0.2, -0.15) is 5.10 Å². The van der Waals surface area contributed by atoms with Gasteiger partial charge in [0, 0.05) is 23.3 Å². The minimum Gasteiger partial charge on any atom is -0.497 e. The van der Waals surface area contributed by atoms with Gasteiger partial charge in [0.25, 0.3) is 0 Å². The molecule has 0 aliphatic heterocycles. The summed E-state index contributed by atoms with van der Waals surface area (Å²) in [7, 11) is 1.54. The van der Waals surface area contributed by atoms with Crippen molar-refractivity contribution in [3.05, 3.63) is 60.8 Å². The maximum Gasteiger partial charge on any atom is 0.227 e. The molecule has 0 saturated heterocycles. The Bertz CT molecular complexity index is 927. The van der Waals surface area contributed by atoms with Gasteiger partial charge in [0.2, 0.25) is 5.95 Å². The summed E-state index contributed by atoms with van der Waals surface area (Å²) in [6, 6.07) is 7.57. The first kappa shape index (κ1) is 15.4. The standard InChI is InChI=1S/C17H16N6O/c1-11(24-3)8-16(18-2)15-6-7-19-17(22-15)21-13-4-5-14-12(9-13)10-20-23-14/h4-10H,1-2H2,3H3,(H,20,23)(H,19,21,22)/b16-8-. The lowest BCUT2D eigenvalue weighted by atomic mass is 10.2. The number of aromatic amines is 1. The van der Waals surface area contributed by atoms with Crippen LogP contribution in [0.4, 0.5) is 11.6 Å². The second kappa shape index (κ2) is 6.74. The van der Waals surface area contributed by atoms with Crippen LogP contribution in [-0.2, 0) is 4.74 Å². The first-order valence-corrected chi connectivity index (χ1v) is 7.14. The third-order valence-corrected chi connectivity index (χ3v) is 3.34. The lowest BCUT2D eigenvalue weighted by Gasteiger charge is -2.07. The van der Waals surface area contributed by atoms with E-state index in [1.807, 2.05) is 18.2 Å². The van der Waals surface area contributed by atoms with Crippen LogP contribution in [0.2, 0.25) is 0 Å². The maximum absolute atomic E-state index is 5.04. The van der Waals surface area contributed by atoms with Crippen molar-refractivity contribution in [3.8, 4) is 0 Å². The van der Waals surface area contributed by atoms with Crippen molar-refractivity contribution in [1.29, 1.82) is 0 Å². The van der Waals surface area contributed by atoms with E-state index >= 15 is 0 Å². The molecular formula is C17H16N6O. The molecule has 0 amide bonds.